The van der Waals surface area contributed by atoms with Crippen LogP contribution in [0.4, 0.5) is 0 Å². The number of benzene rings is 2. The average Bonchev–Trinajstić information content (AvgIpc) is 4.02. The molecule has 3 aromatic rings. The number of halogens is 1. The van der Waals surface area contributed by atoms with Crippen molar-refractivity contribution in [2.75, 3.05) is 19.7 Å². The van der Waals surface area contributed by atoms with Gasteiger partial charge in [0.15, 0.2) is 0 Å². The first kappa shape index (κ1) is 51.9. The molecule has 0 spiro atoms. The summed E-state index contributed by atoms with van der Waals surface area (Å²) in [5, 5.41) is 19.9. The van der Waals surface area contributed by atoms with Crippen molar-refractivity contribution in [1.29, 1.82) is 0 Å². The second-order valence-electron chi connectivity index (χ2n) is 18.9. The number of carbonyl (C=O) groups is 6. The first-order valence-electron chi connectivity index (χ1n) is 22.8. The van der Waals surface area contributed by atoms with E-state index in [1.165, 1.54) is 4.90 Å². The Morgan fingerprint density at radius 3 is 2.35 bits per heavy atom. The molecule has 360 valence electrons. The van der Waals surface area contributed by atoms with Gasteiger partial charge in [-0.25, -0.2) is 4.98 Å². The predicted octanol–water partition coefficient (Wildman–Crippen LogP) is 4.77. The Morgan fingerprint density at radius 1 is 1.00 bits per heavy atom. The van der Waals surface area contributed by atoms with E-state index in [1.54, 1.807) is 33.9 Å². The van der Waals surface area contributed by atoms with Gasteiger partial charge in [0.05, 0.1) is 51.8 Å². The molecular formula is C48H67ClN8O8S. The molecule has 0 radical (unpaired) electrons. The summed E-state index contributed by atoms with van der Waals surface area (Å²) < 4.78 is 6.08. The maximum absolute atomic E-state index is 14.2. The Balaban J connectivity index is 1.16. The number of β-amino-alcohol motifs (C(OH)–C–C–N with tert-alkyl or cyclic N) is 1. The molecule has 5 rings (SSSR count). The fraction of sp³-hybridized carbons (Fsp3) is 0.562. The number of primary amides is 1. The number of aryl methyl sites for hydroxylation is 2. The standard InChI is InChI=1S/C48H67ClN8O8S/c1-27(2)41(51)46(63)56-22-10-14-38(56)54-44(61)33(20-21-37(50)59)25-65-36-13-8-11-31(40(36)49)12-9-15-39(60)55-43(48(5,6)7)47(64)57-24-34(58)23-35(57)45(62)53-28(3)30-16-18-32(19-17-30)42-29(4)52-26-66-42/h8,11,13,16-19,26-28,33-35,38,41,43,58H,9-10,12,14-15,20-25,51H2,1-7H3,(H2,50,59)(H,53,62)(H,54,61)(H,55,60)/t28-,33-,34+,35-,38-,41-,43+/m0/s1. The van der Waals surface area contributed by atoms with Crippen molar-refractivity contribution in [2.24, 2.45) is 28.7 Å². The van der Waals surface area contributed by atoms with E-state index in [2.05, 4.69) is 20.9 Å². The number of thiazole rings is 1. The Hall–Kier alpha value is -5.10. The quantitative estimate of drug-likeness (QED) is 0.0907. The summed E-state index contributed by atoms with van der Waals surface area (Å²) in [5.41, 5.74) is 16.2. The molecule has 0 saturated carbocycles. The topological polar surface area (TPSA) is 239 Å². The molecule has 7 atom stereocenters. The lowest BCUT2D eigenvalue weighted by Crippen LogP contribution is -2.57. The van der Waals surface area contributed by atoms with Crippen LogP contribution in [0.15, 0.2) is 48.0 Å². The highest BCUT2D eigenvalue weighted by Crippen LogP contribution is 2.32. The largest absolute Gasteiger partial charge is 0.491 e. The molecule has 2 saturated heterocycles. The van der Waals surface area contributed by atoms with Crippen LogP contribution in [0.1, 0.15) is 109 Å². The first-order chi connectivity index (χ1) is 31.2. The SMILES string of the molecule is Cc1ncsc1-c1ccc([C@H](C)NC(=O)[C@@H]2C[C@@H](O)CN2C(=O)[C@@H](NC(=O)CCCc2cccc(OC[C@H](CCC(N)=O)C(=O)N[C@@H]3CCCN3C(=O)[C@@H](N)C(C)C)c2Cl)C(C)(C)C)cc1. The number of aliphatic hydroxyl groups is 1. The minimum atomic E-state index is -0.986. The predicted molar refractivity (Wildman–Crippen MR) is 254 cm³/mol. The lowest BCUT2D eigenvalue weighted by Gasteiger charge is -2.35. The van der Waals surface area contributed by atoms with Crippen LogP contribution in [0.5, 0.6) is 5.75 Å². The third-order valence-electron chi connectivity index (χ3n) is 12.4. The molecule has 66 heavy (non-hydrogen) atoms. The van der Waals surface area contributed by atoms with Gasteiger partial charge in [-0.15, -0.1) is 11.3 Å². The van der Waals surface area contributed by atoms with E-state index in [9.17, 15) is 33.9 Å². The van der Waals surface area contributed by atoms with Crippen LogP contribution < -0.4 is 32.2 Å². The van der Waals surface area contributed by atoms with Crippen molar-refractivity contribution >= 4 is 58.4 Å². The van der Waals surface area contributed by atoms with Gasteiger partial charge in [0.25, 0.3) is 0 Å². The van der Waals surface area contributed by atoms with Gasteiger partial charge in [0.2, 0.25) is 35.4 Å². The number of nitrogens with zero attached hydrogens (tertiary/aromatic N) is 3. The molecule has 0 bridgehead atoms. The summed E-state index contributed by atoms with van der Waals surface area (Å²) in [5.74, 6) is -2.94. The second-order valence-corrected chi connectivity index (χ2v) is 20.2. The minimum absolute atomic E-state index is 0.0438. The van der Waals surface area contributed by atoms with Crippen molar-refractivity contribution in [3.05, 3.63) is 69.8 Å². The zero-order chi connectivity index (χ0) is 48.5. The Morgan fingerprint density at radius 2 is 1.71 bits per heavy atom. The molecular weight excluding hydrogens is 884 g/mol. The van der Waals surface area contributed by atoms with E-state index < -0.39 is 59.4 Å². The van der Waals surface area contributed by atoms with Crippen LogP contribution in [0.2, 0.25) is 5.02 Å². The number of nitrogens with one attached hydrogen (secondary N) is 3. The highest BCUT2D eigenvalue weighted by Gasteiger charge is 2.45. The molecule has 3 heterocycles. The molecule has 8 N–H and O–H groups in total. The number of nitrogens with two attached hydrogens (primary N) is 2. The van der Waals surface area contributed by atoms with Gasteiger partial charge in [0.1, 0.15) is 24.0 Å². The van der Waals surface area contributed by atoms with Crippen LogP contribution in [-0.4, -0.2) is 105 Å². The highest BCUT2D eigenvalue weighted by molar-refractivity contribution is 7.13. The molecule has 16 nitrogen and oxygen atoms in total. The number of likely N-dealkylation sites (tertiary alicyclic amines) is 2. The van der Waals surface area contributed by atoms with Crippen molar-refractivity contribution in [1.82, 2.24) is 30.7 Å². The normalized spacial score (nSPS) is 19.2. The molecule has 2 aliphatic heterocycles. The Labute approximate surface area is 396 Å². The summed E-state index contributed by atoms with van der Waals surface area (Å²) >= 11 is 8.37. The minimum Gasteiger partial charge on any atom is -0.491 e. The van der Waals surface area contributed by atoms with Crippen LogP contribution in [0, 0.1) is 24.2 Å². The third-order valence-corrected chi connectivity index (χ3v) is 13.8. The fourth-order valence-electron chi connectivity index (χ4n) is 8.28. The fourth-order valence-corrected chi connectivity index (χ4v) is 9.37. The summed E-state index contributed by atoms with van der Waals surface area (Å²) in [7, 11) is 0. The number of aliphatic hydroxyl groups excluding tert-OH is 1. The molecule has 0 unspecified atom stereocenters. The number of hydrogen-bond donors (Lipinski definition) is 6. The zero-order valence-electron chi connectivity index (χ0n) is 39.1. The van der Waals surface area contributed by atoms with Gasteiger partial charge in [-0.3, -0.25) is 28.8 Å². The van der Waals surface area contributed by atoms with Gasteiger partial charge in [0, 0.05) is 32.4 Å². The number of hydrogen-bond acceptors (Lipinski definition) is 11. The van der Waals surface area contributed by atoms with E-state index >= 15 is 0 Å². The zero-order valence-corrected chi connectivity index (χ0v) is 40.7. The lowest BCUT2D eigenvalue weighted by molar-refractivity contribution is -0.144. The van der Waals surface area contributed by atoms with Crippen LogP contribution in [0.3, 0.4) is 0 Å². The van der Waals surface area contributed by atoms with E-state index in [-0.39, 0.29) is 68.5 Å². The summed E-state index contributed by atoms with van der Waals surface area (Å²) in [6, 6.07) is 10.1. The molecule has 2 fully saturated rings. The second kappa shape index (κ2) is 23.1. The summed E-state index contributed by atoms with van der Waals surface area (Å²) in [6.07, 6.45) is 0.790. The van der Waals surface area contributed by atoms with Crippen molar-refractivity contribution < 1.29 is 38.6 Å². The highest BCUT2D eigenvalue weighted by atomic mass is 35.5. The number of carbonyl (C=O) groups excluding carboxylic acids is 6. The number of amides is 6. The summed E-state index contributed by atoms with van der Waals surface area (Å²) in [6.45, 7) is 13.4. The number of ether oxygens (including phenoxy) is 1. The van der Waals surface area contributed by atoms with Crippen LogP contribution in [-0.2, 0) is 35.2 Å². The smallest absolute Gasteiger partial charge is 0.246 e. The van der Waals surface area contributed by atoms with Crippen molar-refractivity contribution in [2.45, 2.75) is 136 Å². The van der Waals surface area contributed by atoms with Gasteiger partial charge >= 0.3 is 0 Å². The maximum atomic E-state index is 14.2. The molecule has 6 amide bonds. The van der Waals surface area contributed by atoms with Gasteiger partial charge < -0.3 is 47.1 Å². The maximum Gasteiger partial charge on any atom is 0.246 e. The van der Waals surface area contributed by atoms with E-state index in [1.807, 2.05) is 78.8 Å². The monoisotopic (exact) mass is 950 g/mol. The Kier molecular flexibility index (Phi) is 18.1. The average molecular weight is 952 g/mol. The Bertz CT molecular complexity index is 2200. The van der Waals surface area contributed by atoms with Gasteiger partial charge in [-0.1, -0.05) is 82.6 Å². The van der Waals surface area contributed by atoms with Crippen LogP contribution in [0.25, 0.3) is 10.4 Å². The molecule has 2 aliphatic rings. The molecule has 0 aliphatic carbocycles. The van der Waals surface area contributed by atoms with Gasteiger partial charge in [-0.05, 0) is 80.0 Å². The van der Waals surface area contributed by atoms with Crippen LogP contribution >= 0.6 is 22.9 Å². The first-order valence-corrected chi connectivity index (χ1v) is 24.1. The van der Waals surface area contributed by atoms with Crippen molar-refractivity contribution in [3.63, 3.8) is 0 Å². The summed E-state index contributed by atoms with van der Waals surface area (Å²) in [4.78, 5) is 88.1. The third kappa shape index (κ3) is 13.5. The molecule has 2 aromatic carbocycles. The number of aromatic nitrogens is 1. The number of rotatable bonds is 20. The van der Waals surface area contributed by atoms with E-state index in [4.69, 9.17) is 27.8 Å². The molecule has 18 heteroatoms. The molecule has 1 aromatic heterocycles. The van der Waals surface area contributed by atoms with Gasteiger partial charge in [-0.2, -0.15) is 0 Å². The van der Waals surface area contributed by atoms with E-state index in [0.717, 1.165) is 21.7 Å². The van der Waals surface area contributed by atoms with Crippen molar-refractivity contribution in [3.8, 4) is 16.2 Å². The van der Waals surface area contributed by atoms with E-state index in [0.29, 0.717) is 48.6 Å². The lowest BCUT2D eigenvalue weighted by atomic mass is 9.85.